The van der Waals surface area contributed by atoms with Crippen molar-refractivity contribution in [2.24, 2.45) is 0 Å². The van der Waals surface area contributed by atoms with E-state index < -0.39 is 51.7 Å². The van der Waals surface area contributed by atoms with Crippen molar-refractivity contribution in [3.8, 4) is 5.75 Å². The molecule has 0 aliphatic heterocycles. The molecule has 1 aromatic carbocycles. The second-order valence-corrected chi connectivity index (χ2v) is 11.1. The maximum Gasteiger partial charge on any atom is 0.534 e. The highest BCUT2D eigenvalue weighted by Gasteiger charge is 2.48. The maximum atomic E-state index is 12.9. The second-order valence-electron chi connectivity index (χ2n) is 9.52. The Kier molecular flexibility index (Phi) is 10.8. The standard InChI is InChI=1S/C25H32F3NO9S/c1-6-35-22(30)21(36-14-16(2)18-9-10-34-15-18)12-17-7-8-20(38-39(32,33)25(26,27)28)19(11-17)13-29-23(31)37-24(3,4)5/h7-11,15-16,21H,6,12-14H2,1-5H3,(H,29,31). The topological polar surface area (TPSA) is 130 Å². The summed E-state index contributed by atoms with van der Waals surface area (Å²) >= 11 is 0. The number of esters is 1. The lowest BCUT2D eigenvalue weighted by molar-refractivity contribution is -0.156. The molecule has 14 heteroatoms. The molecule has 218 valence electrons. The Morgan fingerprint density at radius 1 is 1.13 bits per heavy atom. The van der Waals surface area contributed by atoms with E-state index in [1.807, 2.05) is 6.92 Å². The quantitative estimate of drug-likeness (QED) is 0.213. The largest absolute Gasteiger partial charge is 0.534 e. The summed E-state index contributed by atoms with van der Waals surface area (Å²) in [6, 6.07) is 5.34. The van der Waals surface area contributed by atoms with Crippen molar-refractivity contribution in [3.63, 3.8) is 0 Å². The minimum Gasteiger partial charge on any atom is -0.472 e. The number of carbonyl (C=O) groups is 2. The molecule has 2 aromatic rings. The average Bonchev–Trinajstić information content (AvgIpc) is 3.34. The first kappa shape index (κ1) is 32.0. The molecule has 1 heterocycles. The Morgan fingerprint density at radius 2 is 1.82 bits per heavy atom. The first-order chi connectivity index (χ1) is 18.0. The number of alkyl halides is 3. The van der Waals surface area contributed by atoms with Crippen LogP contribution in [-0.4, -0.2) is 50.9 Å². The van der Waals surface area contributed by atoms with E-state index in [2.05, 4.69) is 9.50 Å². The summed E-state index contributed by atoms with van der Waals surface area (Å²) in [7, 11) is -5.99. The summed E-state index contributed by atoms with van der Waals surface area (Å²) in [5.41, 5.74) is -5.42. The van der Waals surface area contributed by atoms with Crippen LogP contribution in [0.15, 0.2) is 41.2 Å². The summed E-state index contributed by atoms with van der Waals surface area (Å²) in [6.45, 7) is 8.09. The van der Waals surface area contributed by atoms with Gasteiger partial charge in [0.2, 0.25) is 0 Å². The van der Waals surface area contributed by atoms with Gasteiger partial charge in [0.1, 0.15) is 11.4 Å². The Bertz CT molecular complexity index is 1210. The zero-order valence-corrected chi connectivity index (χ0v) is 23.0. The molecule has 0 saturated carbocycles. The summed E-state index contributed by atoms with van der Waals surface area (Å²) in [4.78, 5) is 24.7. The fraction of sp³-hybridized carbons (Fsp3) is 0.520. The highest BCUT2D eigenvalue weighted by atomic mass is 32.2. The Labute approximate surface area is 224 Å². The number of benzene rings is 1. The van der Waals surface area contributed by atoms with Gasteiger partial charge in [-0.15, -0.1) is 0 Å². The van der Waals surface area contributed by atoms with Crippen LogP contribution in [0.3, 0.4) is 0 Å². The van der Waals surface area contributed by atoms with Crippen LogP contribution in [0, 0.1) is 0 Å². The molecule has 0 fully saturated rings. The van der Waals surface area contributed by atoms with Crippen molar-refractivity contribution in [1.82, 2.24) is 5.32 Å². The molecule has 0 spiro atoms. The van der Waals surface area contributed by atoms with Crippen molar-refractivity contribution in [1.29, 1.82) is 0 Å². The van der Waals surface area contributed by atoms with Gasteiger partial charge in [-0.05, 0) is 51.0 Å². The number of ether oxygens (including phenoxy) is 3. The number of hydrogen-bond acceptors (Lipinski definition) is 9. The molecule has 10 nitrogen and oxygen atoms in total. The van der Waals surface area contributed by atoms with Gasteiger partial charge in [0.25, 0.3) is 0 Å². The zero-order chi connectivity index (χ0) is 29.4. The number of rotatable bonds is 12. The molecule has 0 bridgehead atoms. The van der Waals surface area contributed by atoms with Crippen molar-refractivity contribution in [2.75, 3.05) is 13.2 Å². The fourth-order valence-electron chi connectivity index (χ4n) is 3.20. The second kappa shape index (κ2) is 13.2. The molecule has 2 atom stereocenters. The third-order valence-electron chi connectivity index (χ3n) is 5.06. The van der Waals surface area contributed by atoms with Gasteiger partial charge in [-0.1, -0.05) is 19.1 Å². The number of nitrogens with one attached hydrogen (secondary N) is 1. The summed E-state index contributed by atoms with van der Waals surface area (Å²) in [5.74, 6) is -1.45. The SMILES string of the molecule is CCOC(=O)C(Cc1ccc(OS(=O)(=O)C(F)(F)F)c(CNC(=O)OC(C)(C)C)c1)OCC(C)c1ccoc1. The van der Waals surface area contributed by atoms with Gasteiger partial charge in [-0.25, -0.2) is 9.59 Å². The van der Waals surface area contributed by atoms with Gasteiger partial charge >= 0.3 is 27.7 Å². The Hall–Kier alpha value is -3.26. The number of carbonyl (C=O) groups excluding carboxylic acids is 2. The summed E-state index contributed by atoms with van der Waals surface area (Å²) < 4.78 is 87.5. The van der Waals surface area contributed by atoms with Crippen LogP contribution in [0.4, 0.5) is 18.0 Å². The van der Waals surface area contributed by atoms with Crippen LogP contribution in [0.25, 0.3) is 0 Å². The van der Waals surface area contributed by atoms with Crippen LogP contribution in [0.2, 0.25) is 0 Å². The molecule has 0 aliphatic carbocycles. The predicted molar refractivity (Wildman–Crippen MR) is 132 cm³/mol. The number of alkyl carbamates (subject to hydrolysis) is 1. The molecular formula is C25H32F3NO9S. The molecular weight excluding hydrogens is 547 g/mol. The third-order valence-corrected chi connectivity index (χ3v) is 6.03. The number of hydrogen-bond donors (Lipinski definition) is 1. The van der Waals surface area contributed by atoms with E-state index in [4.69, 9.17) is 18.6 Å². The first-order valence-electron chi connectivity index (χ1n) is 11.9. The van der Waals surface area contributed by atoms with E-state index in [0.717, 1.165) is 11.6 Å². The third kappa shape index (κ3) is 10.1. The first-order valence-corrected chi connectivity index (χ1v) is 13.3. The average molecular weight is 580 g/mol. The van der Waals surface area contributed by atoms with Crippen LogP contribution >= 0.6 is 0 Å². The predicted octanol–water partition coefficient (Wildman–Crippen LogP) is 4.83. The molecule has 0 aliphatic rings. The van der Waals surface area contributed by atoms with E-state index in [9.17, 15) is 31.2 Å². The van der Waals surface area contributed by atoms with Gasteiger partial charge in [-0.2, -0.15) is 21.6 Å². The lowest BCUT2D eigenvalue weighted by atomic mass is 10.0. The van der Waals surface area contributed by atoms with Gasteiger partial charge in [0.05, 0.1) is 25.7 Å². The molecule has 0 saturated heterocycles. The van der Waals surface area contributed by atoms with Crippen molar-refractivity contribution in [2.45, 2.75) is 70.7 Å². The lowest BCUT2D eigenvalue weighted by Gasteiger charge is -2.21. The number of furan rings is 1. The highest BCUT2D eigenvalue weighted by Crippen LogP contribution is 2.30. The van der Waals surface area contributed by atoms with E-state index >= 15 is 0 Å². The minimum atomic E-state index is -5.99. The van der Waals surface area contributed by atoms with Gasteiger partial charge < -0.3 is 28.1 Å². The minimum absolute atomic E-state index is 0.0668. The molecule has 0 radical (unpaired) electrons. The molecule has 2 unspecified atom stereocenters. The Morgan fingerprint density at radius 3 is 2.38 bits per heavy atom. The van der Waals surface area contributed by atoms with Gasteiger partial charge in [0.15, 0.2) is 6.10 Å². The smallest absolute Gasteiger partial charge is 0.472 e. The van der Waals surface area contributed by atoms with Crippen molar-refractivity contribution < 1.29 is 54.0 Å². The molecule has 1 amide bonds. The van der Waals surface area contributed by atoms with Crippen molar-refractivity contribution in [3.05, 3.63) is 53.5 Å². The Balaban J connectivity index is 2.31. The van der Waals surface area contributed by atoms with E-state index in [0.29, 0.717) is 5.56 Å². The highest BCUT2D eigenvalue weighted by molar-refractivity contribution is 7.88. The van der Waals surface area contributed by atoms with Crippen LogP contribution in [0.1, 0.15) is 57.2 Å². The summed E-state index contributed by atoms with van der Waals surface area (Å²) in [5, 5.41) is 2.35. The molecule has 2 rings (SSSR count). The van der Waals surface area contributed by atoms with E-state index in [1.165, 1.54) is 18.4 Å². The normalized spacial score (nSPS) is 13.8. The molecule has 1 aromatic heterocycles. The number of amides is 1. The van der Waals surface area contributed by atoms with Crippen molar-refractivity contribution >= 4 is 22.2 Å². The fourth-order valence-corrected chi connectivity index (χ4v) is 3.69. The van der Waals surface area contributed by atoms with Crippen LogP contribution in [-0.2, 0) is 42.1 Å². The van der Waals surface area contributed by atoms with Crippen LogP contribution < -0.4 is 9.50 Å². The van der Waals surface area contributed by atoms with E-state index in [-0.39, 0.29) is 31.1 Å². The van der Waals surface area contributed by atoms with Gasteiger partial charge in [-0.3, -0.25) is 0 Å². The molecule has 1 N–H and O–H groups in total. The van der Waals surface area contributed by atoms with Crippen LogP contribution in [0.5, 0.6) is 5.75 Å². The van der Waals surface area contributed by atoms with Gasteiger partial charge in [0, 0.05) is 24.4 Å². The lowest BCUT2D eigenvalue weighted by Crippen LogP contribution is -2.33. The zero-order valence-electron chi connectivity index (χ0n) is 22.2. The van der Waals surface area contributed by atoms with E-state index in [1.54, 1.807) is 40.0 Å². The monoisotopic (exact) mass is 579 g/mol. The summed E-state index contributed by atoms with van der Waals surface area (Å²) in [6.07, 6.45) is 1.01. The molecule has 39 heavy (non-hydrogen) atoms. The number of halogens is 3. The maximum absolute atomic E-state index is 12.9.